The van der Waals surface area contributed by atoms with Crippen LogP contribution >= 0.6 is 0 Å². The second kappa shape index (κ2) is 5.96. The molecule has 1 aromatic carbocycles. The van der Waals surface area contributed by atoms with Crippen molar-refractivity contribution in [2.45, 2.75) is 19.0 Å². The fourth-order valence-electron chi connectivity index (χ4n) is 1.19. The molecule has 0 saturated heterocycles. The lowest BCUT2D eigenvalue weighted by molar-refractivity contribution is -0.274. The highest BCUT2D eigenvalue weighted by Gasteiger charge is 2.31. The molecule has 0 amide bonds. The summed E-state index contributed by atoms with van der Waals surface area (Å²) in [5.74, 6) is -0.409. The zero-order chi connectivity index (χ0) is 13.8. The van der Waals surface area contributed by atoms with E-state index >= 15 is 0 Å². The fraction of sp³-hybridized carbons (Fsp3) is 0.400. The second-order valence-corrected chi connectivity index (χ2v) is 3.32. The summed E-state index contributed by atoms with van der Waals surface area (Å²) in [5, 5.41) is 0. The lowest BCUT2D eigenvalue weighted by Crippen LogP contribution is -2.19. The van der Waals surface area contributed by atoms with Gasteiger partial charge in [-0.15, -0.1) is 13.2 Å². The molecular formula is C10H10F5NO2. The van der Waals surface area contributed by atoms with Crippen molar-refractivity contribution in [1.82, 2.24) is 0 Å². The monoisotopic (exact) mass is 271 g/mol. The van der Waals surface area contributed by atoms with Gasteiger partial charge in [0.1, 0.15) is 5.75 Å². The summed E-state index contributed by atoms with van der Waals surface area (Å²) in [6.45, 7) is -3.37. The van der Waals surface area contributed by atoms with E-state index < -0.39 is 31.4 Å². The first-order chi connectivity index (χ1) is 8.28. The predicted molar refractivity (Wildman–Crippen MR) is 52.0 cm³/mol. The van der Waals surface area contributed by atoms with E-state index in [9.17, 15) is 22.0 Å². The van der Waals surface area contributed by atoms with Gasteiger partial charge >= 0.3 is 13.0 Å². The van der Waals surface area contributed by atoms with Crippen molar-refractivity contribution in [3.63, 3.8) is 0 Å². The lowest BCUT2D eigenvalue weighted by atomic mass is 10.1. The molecule has 1 aromatic rings. The lowest BCUT2D eigenvalue weighted by Gasteiger charge is -2.13. The van der Waals surface area contributed by atoms with Crippen LogP contribution in [0.3, 0.4) is 0 Å². The largest absolute Gasteiger partial charge is 0.573 e. The van der Waals surface area contributed by atoms with Gasteiger partial charge < -0.3 is 15.2 Å². The number of alkyl halides is 5. The van der Waals surface area contributed by atoms with Gasteiger partial charge in [-0.1, -0.05) is 12.1 Å². The molecule has 0 aliphatic heterocycles. The smallest absolute Gasteiger partial charge is 0.406 e. The van der Waals surface area contributed by atoms with E-state index in [0.717, 1.165) is 12.1 Å². The average Bonchev–Trinajstić information content (AvgIpc) is 2.24. The molecule has 0 bridgehead atoms. The van der Waals surface area contributed by atoms with Crippen molar-refractivity contribution in [3.05, 3.63) is 29.8 Å². The molecule has 3 nitrogen and oxygen atoms in total. The van der Waals surface area contributed by atoms with Gasteiger partial charge in [0, 0.05) is 0 Å². The van der Waals surface area contributed by atoms with Gasteiger partial charge in [-0.3, -0.25) is 0 Å². The highest BCUT2D eigenvalue weighted by molar-refractivity contribution is 5.29. The Hall–Kier alpha value is -1.41. The average molecular weight is 271 g/mol. The SMILES string of the molecule is NC(COC(F)F)c1ccc(OC(F)(F)F)cc1. The summed E-state index contributed by atoms with van der Waals surface area (Å²) < 4.78 is 66.7. The minimum absolute atomic E-state index is 0.366. The normalized spacial score (nSPS) is 13.7. The molecule has 0 spiro atoms. The van der Waals surface area contributed by atoms with Crippen LogP contribution in [0.25, 0.3) is 0 Å². The molecule has 0 fully saturated rings. The summed E-state index contributed by atoms with van der Waals surface area (Å²) in [4.78, 5) is 0. The quantitative estimate of drug-likeness (QED) is 0.837. The van der Waals surface area contributed by atoms with E-state index in [4.69, 9.17) is 5.73 Å². The number of rotatable bonds is 5. The van der Waals surface area contributed by atoms with Crippen molar-refractivity contribution in [2.24, 2.45) is 5.73 Å². The number of ether oxygens (including phenoxy) is 2. The molecule has 0 aliphatic rings. The van der Waals surface area contributed by atoms with E-state index in [-0.39, 0.29) is 0 Å². The number of hydrogen-bond acceptors (Lipinski definition) is 3. The van der Waals surface area contributed by atoms with Crippen molar-refractivity contribution in [2.75, 3.05) is 6.61 Å². The van der Waals surface area contributed by atoms with Crippen LogP contribution in [0.5, 0.6) is 5.75 Å². The van der Waals surface area contributed by atoms with E-state index in [1.807, 2.05) is 0 Å². The highest BCUT2D eigenvalue weighted by Crippen LogP contribution is 2.24. The van der Waals surface area contributed by atoms with Gasteiger partial charge in [0.15, 0.2) is 0 Å². The molecule has 1 unspecified atom stereocenters. The summed E-state index contributed by atoms with van der Waals surface area (Å²) in [6, 6.07) is 3.75. The van der Waals surface area contributed by atoms with Gasteiger partial charge in [-0.25, -0.2) is 0 Å². The summed E-state index contributed by atoms with van der Waals surface area (Å²) in [6.07, 6.45) is -4.78. The Bertz CT molecular complexity index is 366. The van der Waals surface area contributed by atoms with Crippen LogP contribution in [0.4, 0.5) is 22.0 Å². The van der Waals surface area contributed by atoms with Crippen LogP contribution in [0.2, 0.25) is 0 Å². The van der Waals surface area contributed by atoms with Crippen molar-refractivity contribution in [1.29, 1.82) is 0 Å². The van der Waals surface area contributed by atoms with E-state index in [2.05, 4.69) is 9.47 Å². The third kappa shape index (κ3) is 5.28. The van der Waals surface area contributed by atoms with Crippen molar-refractivity contribution < 1.29 is 31.4 Å². The third-order valence-corrected chi connectivity index (χ3v) is 1.94. The van der Waals surface area contributed by atoms with E-state index in [0.29, 0.717) is 5.56 Å². The molecule has 2 N–H and O–H groups in total. The third-order valence-electron chi connectivity index (χ3n) is 1.94. The number of benzene rings is 1. The van der Waals surface area contributed by atoms with Gasteiger partial charge in [0.25, 0.3) is 0 Å². The number of halogens is 5. The van der Waals surface area contributed by atoms with Crippen LogP contribution in [-0.4, -0.2) is 19.6 Å². The molecule has 1 atom stereocenters. The van der Waals surface area contributed by atoms with Crippen LogP contribution in [-0.2, 0) is 4.74 Å². The minimum atomic E-state index is -4.78. The number of nitrogens with two attached hydrogens (primary N) is 1. The Morgan fingerprint density at radius 1 is 1.11 bits per heavy atom. The highest BCUT2D eigenvalue weighted by atomic mass is 19.4. The summed E-state index contributed by atoms with van der Waals surface area (Å²) in [7, 11) is 0. The maximum atomic E-state index is 11.9. The van der Waals surface area contributed by atoms with Gasteiger partial charge in [-0.05, 0) is 17.7 Å². The predicted octanol–water partition coefficient (Wildman–Crippen LogP) is 2.82. The molecule has 0 aromatic heterocycles. The standard InChI is InChI=1S/C10H10F5NO2/c11-9(12)17-5-8(16)6-1-3-7(4-2-6)18-10(13,14)15/h1-4,8-9H,5,16H2. The fourth-order valence-corrected chi connectivity index (χ4v) is 1.19. The first kappa shape index (κ1) is 14.7. The van der Waals surface area contributed by atoms with E-state index in [1.165, 1.54) is 12.1 Å². The van der Waals surface area contributed by atoms with Crippen molar-refractivity contribution >= 4 is 0 Å². The van der Waals surface area contributed by atoms with Crippen LogP contribution < -0.4 is 10.5 Å². The Balaban J connectivity index is 2.59. The van der Waals surface area contributed by atoms with Gasteiger partial charge in [-0.2, -0.15) is 8.78 Å². The molecule has 0 aliphatic carbocycles. The second-order valence-electron chi connectivity index (χ2n) is 3.32. The molecule has 18 heavy (non-hydrogen) atoms. The molecule has 1 rings (SSSR count). The van der Waals surface area contributed by atoms with E-state index in [1.54, 1.807) is 0 Å². The Morgan fingerprint density at radius 3 is 2.11 bits per heavy atom. The molecule has 0 heterocycles. The Labute approximate surface area is 99.3 Å². The van der Waals surface area contributed by atoms with Gasteiger partial charge in [0.2, 0.25) is 0 Å². The van der Waals surface area contributed by atoms with Crippen LogP contribution in [0.1, 0.15) is 11.6 Å². The molecule has 8 heteroatoms. The topological polar surface area (TPSA) is 44.5 Å². The van der Waals surface area contributed by atoms with Crippen molar-refractivity contribution in [3.8, 4) is 5.75 Å². The molecule has 102 valence electrons. The van der Waals surface area contributed by atoms with Crippen LogP contribution in [0, 0.1) is 0 Å². The Morgan fingerprint density at radius 2 is 1.67 bits per heavy atom. The zero-order valence-corrected chi connectivity index (χ0v) is 8.95. The first-order valence-electron chi connectivity index (χ1n) is 4.79. The molecular weight excluding hydrogens is 261 g/mol. The molecule has 0 saturated carbocycles. The molecule has 0 radical (unpaired) electrons. The van der Waals surface area contributed by atoms with Gasteiger partial charge in [0.05, 0.1) is 12.6 Å². The zero-order valence-electron chi connectivity index (χ0n) is 8.95. The Kier molecular flexibility index (Phi) is 4.85. The minimum Gasteiger partial charge on any atom is -0.406 e. The maximum absolute atomic E-state index is 11.9. The number of hydrogen-bond donors (Lipinski definition) is 1. The first-order valence-corrected chi connectivity index (χ1v) is 4.79. The van der Waals surface area contributed by atoms with Crippen LogP contribution in [0.15, 0.2) is 24.3 Å². The maximum Gasteiger partial charge on any atom is 0.573 e. The summed E-state index contributed by atoms with van der Waals surface area (Å²) >= 11 is 0. The summed E-state index contributed by atoms with van der Waals surface area (Å²) in [5.41, 5.74) is 5.87.